The van der Waals surface area contributed by atoms with Crippen molar-refractivity contribution in [2.75, 3.05) is 0 Å². The van der Waals surface area contributed by atoms with Gasteiger partial charge in [0.25, 0.3) is 0 Å². The molecule has 1 aromatic heterocycles. The van der Waals surface area contributed by atoms with Gasteiger partial charge in [-0.05, 0) is 49.7 Å². The molecule has 0 N–H and O–H groups in total. The number of fused-ring (bicyclic) bond motifs is 1. The number of hydrogen-bond acceptors (Lipinski definition) is 3. The number of benzene rings is 2. The third kappa shape index (κ3) is 3.73. The number of para-hydroxylation sites is 1. The van der Waals surface area contributed by atoms with Gasteiger partial charge in [-0.25, -0.2) is 8.42 Å². The van der Waals surface area contributed by atoms with Crippen LogP contribution < -0.4 is 0 Å². The summed E-state index contributed by atoms with van der Waals surface area (Å²) in [7, 11) is -3.65. The minimum Gasteiger partial charge on any atom is -0.460 e. The molecule has 1 atom stereocenters. The topological polar surface area (TPSA) is 50.5 Å². The van der Waals surface area contributed by atoms with Crippen LogP contribution in [-0.2, 0) is 16.6 Å². The van der Waals surface area contributed by atoms with Crippen LogP contribution in [0.3, 0.4) is 0 Å². The Labute approximate surface area is 153 Å². The van der Waals surface area contributed by atoms with Crippen molar-refractivity contribution in [3.05, 3.63) is 65.4 Å². The average Bonchev–Trinajstić information content (AvgIpc) is 3.02. The molecule has 0 aliphatic carbocycles. The lowest BCUT2D eigenvalue weighted by Gasteiger charge is -2.27. The van der Waals surface area contributed by atoms with Crippen LogP contribution in [0, 0.1) is 0 Å². The number of furan rings is 1. The largest absolute Gasteiger partial charge is 0.460 e. The van der Waals surface area contributed by atoms with Gasteiger partial charge in [-0.2, -0.15) is 4.31 Å². The predicted octanol–water partition coefficient (Wildman–Crippen LogP) is 5.08. The second kappa shape index (κ2) is 7.20. The minimum atomic E-state index is -3.65. The molecule has 6 heteroatoms. The average molecular weight is 378 g/mol. The van der Waals surface area contributed by atoms with Gasteiger partial charge in [-0.3, -0.25) is 0 Å². The summed E-state index contributed by atoms with van der Waals surface area (Å²) in [6, 6.07) is 15.6. The van der Waals surface area contributed by atoms with Crippen molar-refractivity contribution in [2.24, 2.45) is 0 Å². The van der Waals surface area contributed by atoms with E-state index >= 15 is 0 Å². The third-order valence-corrected chi connectivity index (χ3v) is 6.52. The summed E-state index contributed by atoms with van der Waals surface area (Å²) < 4.78 is 33.5. The zero-order valence-electron chi connectivity index (χ0n) is 14.1. The van der Waals surface area contributed by atoms with E-state index in [1.807, 2.05) is 44.2 Å². The van der Waals surface area contributed by atoms with Gasteiger partial charge in [0.15, 0.2) is 0 Å². The first-order chi connectivity index (χ1) is 11.9. The molecule has 0 fully saturated rings. The van der Waals surface area contributed by atoms with Crippen molar-refractivity contribution >= 4 is 32.6 Å². The van der Waals surface area contributed by atoms with Gasteiger partial charge in [-0.1, -0.05) is 36.7 Å². The minimum absolute atomic E-state index is 0.158. The van der Waals surface area contributed by atoms with E-state index in [4.69, 9.17) is 16.0 Å². The number of sulfonamides is 1. The van der Waals surface area contributed by atoms with E-state index in [0.717, 1.165) is 11.0 Å². The van der Waals surface area contributed by atoms with E-state index in [0.29, 0.717) is 17.2 Å². The molecule has 0 unspecified atom stereocenters. The molecular formula is C19H20ClNO3S. The highest BCUT2D eigenvalue weighted by Gasteiger charge is 2.29. The summed E-state index contributed by atoms with van der Waals surface area (Å²) in [5.74, 6) is 0.624. The van der Waals surface area contributed by atoms with Gasteiger partial charge < -0.3 is 4.42 Å². The Hall–Kier alpha value is -1.82. The molecule has 3 rings (SSSR count). The lowest BCUT2D eigenvalue weighted by Crippen LogP contribution is -2.37. The van der Waals surface area contributed by atoms with E-state index < -0.39 is 10.0 Å². The van der Waals surface area contributed by atoms with E-state index in [1.54, 1.807) is 12.1 Å². The fourth-order valence-electron chi connectivity index (χ4n) is 2.69. The second-order valence-corrected chi connectivity index (χ2v) is 8.34. The molecule has 0 amide bonds. The summed E-state index contributed by atoms with van der Waals surface area (Å²) in [5, 5.41) is 1.47. The third-order valence-electron chi connectivity index (χ3n) is 4.29. The number of halogens is 1. The Morgan fingerprint density at radius 1 is 1.12 bits per heavy atom. The molecule has 25 heavy (non-hydrogen) atoms. The molecule has 0 saturated carbocycles. The van der Waals surface area contributed by atoms with E-state index in [2.05, 4.69) is 0 Å². The van der Waals surface area contributed by atoms with Gasteiger partial charge in [-0.15, -0.1) is 0 Å². The molecule has 0 aliphatic heterocycles. The van der Waals surface area contributed by atoms with Crippen LogP contribution in [0.1, 0.15) is 26.0 Å². The van der Waals surface area contributed by atoms with Crippen molar-refractivity contribution in [1.82, 2.24) is 4.31 Å². The van der Waals surface area contributed by atoms with Crippen LogP contribution >= 0.6 is 11.6 Å². The Bertz CT molecular complexity index is 931. The highest BCUT2D eigenvalue weighted by molar-refractivity contribution is 7.89. The Balaban J connectivity index is 1.97. The molecule has 4 nitrogen and oxygen atoms in total. The van der Waals surface area contributed by atoms with Crippen LogP contribution in [-0.4, -0.2) is 18.8 Å². The SMILES string of the molecule is CC[C@@H](C)N(Cc1cc2ccccc2o1)S(=O)(=O)c1ccc(Cl)cc1. The Morgan fingerprint density at radius 2 is 1.80 bits per heavy atom. The van der Waals surface area contributed by atoms with Crippen LogP contribution in [0.4, 0.5) is 0 Å². The summed E-state index contributed by atoms with van der Waals surface area (Å²) in [4.78, 5) is 0.230. The van der Waals surface area contributed by atoms with Crippen molar-refractivity contribution in [1.29, 1.82) is 0 Å². The quantitative estimate of drug-likeness (QED) is 0.602. The monoisotopic (exact) mass is 377 g/mol. The van der Waals surface area contributed by atoms with Crippen LogP contribution in [0.25, 0.3) is 11.0 Å². The summed E-state index contributed by atoms with van der Waals surface area (Å²) in [6.07, 6.45) is 0.701. The van der Waals surface area contributed by atoms with E-state index in [-0.39, 0.29) is 17.5 Å². The first-order valence-electron chi connectivity index (χ1n) is 8.16. The number of nitrogens with zero attached hydrogens (tertiary/aromatic N) is 1. The molecule has 0 spiro atoms. The molecule has 0 radical (unpaired) electrons. The van der Waals surface area contributed by atoms with Crippen molar-refractivity contribution in [3.8, 4) is 0 Å². The lowest BCUT2D eigenvalue weighted by molar-refractivity contribution is 0.301. The number of rotatable bonds is 6. The zero-order valence-corrected chi connectivity index (χ0v) is 15.7. The molecular weight excluding hydrogens is 358 g/mol. The molecule has 0 saturated heterocycles. The predicted molar refractivity (Wildman–Crippen MR) is 100 cm³/mol. The van der Waals surface area contributed by atoms with Crippen molar-refractivity contribution < 1.29 is 12.8 Å². The Morgan fingerprint density at radius 3 is 2.44 bits per heavy atom. The molecule has 0 bridgehead atoms. The lowest BCUT2D eigenvalue weighted by atomic mass is 10.2. The maximum atomic E-state index is 13.1. The second-order valence-electron chi connectivity index (χ2n) is 6.01. The van der Waals surface area contributed by atoms with Crippen molar-refractivity contribution in [2.45, 2.75) is 37.8 Å². The van der Waals surface area contributed by atoms with Gasteiger partial charge in [0, 0.05) is 16.5 Å². The fourth-order valence-corrected chi connectivity index (χ4v) is 4.49. The first-order valence-corrected chi connectivity index (χ1v) is 9.98. The van der Waals surface area contributed by atoms with Gasteiger partial charge >= 0.3 is 0 Å². The van der Waals surface area contributed by atoms with Gasteiger partial charge in [0.2, 0.25) is 10.0 Å². The first kappa shape index (κ1) is 18.0. The summed E-state index contributed by atoms with van der Waals surface area (Å²) >= 11 is 5.88. The Kier molecular flexibility index (Phi) is 5.18. The highest BCUT2D eigenvalue weighted by atomic mass is 35.5. The molecule has 1 heterocycles. The summed E-state index contributed by atoms with van der Waals surface area (Å²) in [5.41, 5.74) is 0.755. The van der Waals surface area contributed by atoms with Crippen LogP contribution in [0.2, 0.25) is 5.02 Å². The summed E-state index contributed by atoms with van der Waals surface area (Å²) in [6.45, 7) is 4.05. The smallest absolute Gasteiger partial charge is 0.243 e. The molecule has 2 aromatic carbocycles. The van der Waals surface area contributed by atoms with Crippen LogP contribution in [0.15, 0.2) is 63.9 Å². The maximum Gasteiger partial charge on any atom is 0.243 e. The van der Waals surface area contributed by atoms with E-state index in [1.165, 1.54) is 16.4 Å². The maximum absolute atomic E-state index is 13.1. The molecule has 0 aliphatic rings. The zero-order chi connectivity index (χ0) is 18.0. The molecule has 3 aromatic rings. The van der Waals surface area contributed by atoms with Crippen LogP contribution in [0.5, 0.6) is 0 Å². The standard InChI is InChI=1S/C19H20ClNO3S/c1-3-14(2)21(25(22,23)18-10-8-16(20)9-11-18)13-17-12-15-6-4-5-7-19(15)24-17/h4-12,14H,3,13H2,1-2H3/t14-/m1/s1. The van der Waals surface area contributed by atoms with Gasteiger partial charge in [0.05, 0.1) is 11.4 Å². The number of hydrogen-bond donors (Lipinski definition) is 0. The molecule has 132 valence electrons. The van der Waals surface area contributed by atoms with Crippen molar-refractivity contribution in [3.63, 3.8) is 0 Å². The normalized spacial score (nSPS) is 13.4. The fraction of sp³-hybridized carbons (Fsp3) is 0.263. The van der Waals surface area contributed by atoms with Gasteiger partial charge in [0.1, 0.15) is 11.3 Å². The highest BCUT2D eigenvalue weighted by Crippen LogP contribution is 2.26. The van der Waals surface area contributed by atoms with E-state index in [9.17, 15) is 8.42 Å².